The molecule has 1 atom stereocenters. The normalized spacial score (nSPS) is 16.3. The van der Waals surface area contributed by atoms with Crippen LogP contribution in [0.2, 0.25) is 0 Å². The number of nitrogens with one attached hydrogen (secondary N) is 1. The lowest BCUT2D eigenvalue weighted by Gasteiger charge is -2.25. The summed E-state index contributed by atoms with van der Waals surface area (Å²) >= 11 is 0. The first kappa shape index (κ1) is 17.5. The van der Waals surface area contributed by atoms with Gasteiger partial charge in [-0.15, -0.1) is 0 Å². The molecule has 6 heteroatoms. The van der Waals surface area contributed by atoms with E-state index in [1.165, 1.54) is 12.8 Å². The highest BCUT2D eigenvalue weighted by Crippen LogP contribution is 2.23. The number of hydrogen-bond acceptors (Lipinski definition) is 5. The molecule has 0 saturated carbocycles. The highest BCUT2D eigenvalue weighted by molar-refractivity contribution is 5.68. The zero-order chi connectivity index (χ0) is 16.9. The highest BCUT2D eigenvalue weighted by atomic mass is 16.6. The van der Waals surface area contributed by atoms with E-state index in [-0.39, 0.29) is 6.04 Å². The van der Waals surface area contributed by atoms with Gasteiger partial charge in [-0.3, -0.25) is 0 Å². The first-order chi connectivity index (χ1) is 10.9. The third kappa shape index (κ3) is 5.39. The molecular weight excluding hydrogens is 292 g/mol. The van der Waals surface area contributed by atoms with E-state index >= 15 is 0 Å². The van der Waals surface area contributed by atoms with Crippen LogP contribution in [0, 0.1) is 0 Å². The Labute approximate surface area is 138 Å². The van der Waals surface area contributed by atoms with Crippen LogP contribution < -0.4 is 16.0 Å². The standard InChI is InChI=1S/C17H28N4O2/c1-17(2,3)23-16(22)20-14(12-18)11-13-7-6-8-19-15(13)21-9-4-5-10-21/h6-8,14H,4-5,9-12,18H2,1-3H3,(H,20,22). The number of nitrogens with two attached hydrogens (primary N) is 1. The second-order valence-corrected chi connectivity index (χ2v) is 6.96. The van der Waals surface area contributed by atoms with Crippen molar-refractivity contribution in [1.29, 1.82) is 0 Å². The molecule has 3 N–H and O–H groups in total. The Morgan fingerprint density at radius 3 is 2.74 bits per heavy atom. The number of pyridine rings is 1. The van der Waals surface area contributed by atoms with E-state index in [2.05, 4.69) is 21.3 Å². The summed E-state index contributed by atoms with van der Waals surface area (Å²) in [6.07, 6.45) is 4.43. The van der Waals surface area contributed by atoms with Gasteiger partial charge >= 0.3 is 6.09 Å². The minimum absolute atomic E-state index is 0.171. The van der Waals surface area contributed by atoms with E-state index in [1.807, 2.05) is 33.0 Å². The molecule has 1 aliphatic heterocycles. The molecular formula is C17H28N4O2. The zero-order valence-electron chi connectivity index (χ0n) is 14.3. The van der Waals surface area contributed by atoms with Crippen LogP contribution in [-0.2, 0) is 11.2 Å². The van der Waals surface area contributed by atoms with E-state index in [9.17, 15) is 4.79 Å². The number of amides is 1. The van der Waals surface area contributed by atoms with Gasteiger partial charge in [0.05, 0.1) is 0 Å². The van der Waals surface area contributed by atoms with E-state index < -0.39 is 11.7 Å². The van der Waals surface area contributed by atoms with Crippen molar-refractivity contribution in [2.45, 2.75) is 51.7 Å². The summed E-state index contributed by atoms with van der Waals surface area (Å²) in [5.41, 5.74) is 6.43. The Kier molecular flexibility index (Phi) is 5.82. The number of nitrogens with zero attached hydrogens (tertiary/aromatic N) is 2. The molecule has 1 aromatic heterocycles. The van der Waals surface area contributed by atoms with Gasteiger partial charge in [0.25, 0.3) is 0 Å². The average molecular weight is 320 g/mol. The lowest BCUT2D eigenvalue weighted by atomic mass is 10.1. The Morgan fingerprint density at radius 1 is 1.43 bits per heavy atom. The highest BCUT2D eigenvalue weighted by Gasteiger charge is 2.22. The maximum atomic E-state index is 11.9. The molecule has 0 radical (unpaired) electrons. The molecule has 0 aromatic carbocycles. The van der Waals surface area contributed by atoms with Crippen molar-refractivity contribution in [3.8, 4) is 0 Å². The predicted octanol–water partition coefficient (Wildman–Crippen LogP) is 2.08. The zero-order valence-corrected chi connectivity index (χ0v) is 14.3. The molecule has 23 heavy (non-hydrogen) atoms. The molecule has 1 amide bonds. The van der Waals surface area contributed by atoms with Gasteiger partial charge in [-0.25, -0.2) is 9.78 Å². The lowest BCUT2D eigenvalue weighted by molar-refractivity contribution is 0.0506. The predicted molar refractivity (Wildman–Crippen MR) is 91.6 cm³/mol. The molecule has 0 aliphatic carbocycles. The monoisotopic (exact) mass is 320 g/mol. The van der Waals surface area contributed by atoms with Gasteiger partial charge in [-0.2, -0.15) is 0 Å². The summed E-state index contributed by atoms with van der Waals surface area (Å²) in [6, 6.07) is 3.81. The summed E-state index contributed by atoms with van der Waals surface area (Å²) in [5.74, 6) is 1.01. The molecule has 6 nitrogen and oxygen atoms in total. The Morgan fingerprint density at radius 2 is 2.13 bits per heavy atom. The quantitative estimate of drug-likeness (QED) is 0.868. The maximum Gasteiger partial charge on any atom is 0.407 e. The van der Waals surface area contributed by atoms with Crippen molar-refractivity contribution in [1.82, 2.24) is 10.3 Å². The van der Waals surface area contributed by atoms with Crippen molar-refractivity contribution in [2.24, 2.45) is 5.73 Å². The molecule has 2 heterocycles. The maximum absolute atomic E-state index is 11.9. The van der Waals surface area contributed by atoms with Crippen molar-refractivity contribution < 1.29 is 9.53 Å². The third-order valence-electron chi connectivity index (χ3n) is 3.74. The topological polar surface area (TPSA) is 80.5 Å². The fraction of sp³-hybridized carbons (Fsp3) is 0.647. The smallest absolute Gasteiger partial charge is 0.407 e. The van der Waals surface area contributed by atoms with Crippen molar-refractivity contribution >= 4 is 11.9 Å². The average Bonchev–Trinajstić information content (AvgIpc) is 2.99. The molecule has 1 fully saturated rings. The lowest BCUT2D eigenvalue weighted by Crippen LogP contribution is -2.44. The summed E-state index contributed by atoms with van der Waals surface area (Å²) in [7, 11) is 0. The Hall–Kier alpha value is -1.82. The Balaban J connectivity index is 2.02. The van der Waals surface area contributed by atoms with Crippen LogP contribution in [0.5, 0.6) is 0 Å². The minimum Gasteiger partial charge on any atom is -0.444 e. The van der Waals surface area contributed by atoms with Crippen LogP contribution in [-0.4, -0.2) is 42.4 Å². The van der Waals surface area contributed by atoms with E-state index in [0.29, 0.717) is 13.0 Å². The fourth-order valence-corrected chi connectivity index (χ4v) is 2.74. The molecule has 1 aliphatic rings. The van der Waals surface area contributed by atoms with Gasteiger partial charge in [-0.05, 0) is 51.7 Å². The largest absolute Gasteiger partial charge is 0.444 e. The molecule has 1 aromatic rings. The fourth-order valence-electron chi connectivity index (χ4n) is 2.74. The van der Waals surface area contributed by atoms with Gasteiger partial charge in [0.2, 0.25) is 0 Å². The van der Waals surface area contributed by atoms with Crippen LogP contribution in [0.1, 0.15) is 39.2 Å². The number of carbonyl (C=O) groups excluding carboxylic acids is 1. The van der Waals surface area contributed by atoms with E-state index in [4.69, 9.17) is 10.5 Å². The molecule has 0 bridgehead atoms. The summed E-state index contributed by atoms with van der Waals surface area (Å²) in [4.78, 5) is 18.8. The molecule has 2 rings (SSSR count). The minimum atomic E-state index is -0.516. The SMILES string of the molecule is CC(C)(C)OC(=O)NC(CN)Cc1cccnc1N1CCCC1. The second-order valence-electron chi connectivity index (χ2n) is 6.96. The van der Waals surface area contributed by atoms with E-state index in [1.54, 1.807) is 0 Å². The van der Waals surface area contributed by atoms with Crippen LogP contribution in [0.15, 0.2) is 18.3 Å². The summed E-state index contributed by atoms with van der Waals surface area (Å²) < 4.78 is 5.31. The van der Waals surface area contributed by atoms with Crippen LogP contribution in [0.3, 0.4) is 0 Å². The van der Waals surface area contributed by atoms with Crippen LogP contribution in [0.25, 0.3) is 0 Å². The molecule has 1 unspecified atom stereocenters. The third-order valence-corrected chi connectivity index (χ3v) is 3.74. The Bertz CT molecular complexity index is 522. The summed E-state index contributed by atoms with van der Waals surface area (Å²) in [6.45, 7) is 7.96. The van der Waals surface area contributed by atoms with Gasteiger partial charge in [0, 0.05) is 31.9 Å². The van der Waals surface area contributed by atoms with Gasteiger partial charge in [0.15, 0.2) is 0 Å². The molecule has 0 spiro atoms. The molecule has 1 saturated heterocycles. The van der Waals surface area contributed by atoms with Crippen molar-refractivity contribution in [3.05, 3.63) is 23.9 Å². The molecule has 128 valence electrons. The first-order valence-electron chi connectivity index (χ1n) is 8.27. The van der Waals surface area contributed by atoms with Gasteiger partial charge < -0.3 is 20.7 Å². The number of aromatic nitrogens is 1. The summed E-state index contributed by atoms with van der Waals surface area (Å²) in [5, 5.41) is 2.86. The van der Waals surface area contributed by atoms with Crippen molar-refractivity contribution in [2.75, 3.05) is 24.5 Å². The number of rotatable bonds is 5. The number of alkyl carbamates (subject to hydrolysis) is 1. The van der Waals surface area contributed by atoms with E-state index in [0.717, 1.165) is 24.5 Å². The van der Waals surface area contributed by atoms with Crippen LogP contribution in [0.4, 0.5) is 10.6 Å². The van der Waals surface area contributed by atoms with Gasteiger partial charge in [0.1, 0.15) is 11.4 Å². The van der Waals surface area contributed by atoms with Crippen LogP contribution >= 0.6 is 0 Å². The number of hydrogen-bond donors (Lipinski definition) is 2. The number of anilines is 1. The van der Waals surface area contributed by atoms with Crippen molar-refractivity contribution in [3.63, 3.8) is 0 Å². The number of carbonyl (C=O) groups is 1. The number of ether oxygens (including phenoxy) is 1. The first-order valence-corrected chi connectivity index (χ1v) is 8.27. The second kappa shape index (κ2) is 7.64. The van der Waals surface area contributed by atoms with Gasteiger partial charge in [-0.1, -0.05) is 6.07 Å².